The normalized spacial score (nSPS) is 29.7. The number of rotatable bonds is 2. The smallest absolute Gasteiger partial charge is 0.0152 e. The van der Waals surface area contributed by atoms with Gasteiger partial charge in [0.05, 0.1) is 0 Å². The summed E-state index contributed by atoms with van der Waals surface area (Å²) in [5, 5.41) is 0. The molecular weight excluding hydrogens is 158 g/mol. The van der Waals surface area contributed by atoms with Crippen molar-refractivity contribution in [2.24, 2.45) is 5.92 Å². The third-order valence-electron chi connectivity index (χ3n) is 3.40. The molecule has 13 heavy (non-hydrogen) atoms. The van der Waals surface area contributed by atoms with E-state index in [1.165, 1.54) is 25.8 Å². The van der Waals surface area contributed by atoms with E-state index in [0.29, 0.717) is 5.54 Å². The third-order valence-corrected chi connectivity index (χ3v) is 3.40. The topological polar surface area (TPSA) is 3.24 Å². The van der Waals surface area contributed by atoms with Crippen LogP contribution in [0.4, 0.5) is 0 Å². The Morgan fingerprint density at radius 3 is 2.69 bits per heavy atom. The molecule has 0 saturated carbocycles. The first kappa shape index (κ1) is 10.8. The van der Waals surface area contributed by atoms with E-state index in [2.05, 4.69) is 44.9 Å². The maximum atomic E-state index is 2.49. The van der Waals surface area contributed by atoms with Crippen LogP contribution >= 0.6 is 0 Å². The van der Waals surface area contributed by atoms with Gasteiger partial charge in [-0.25, -0.2) is 0 Å². The predicted molar refractivity (Wildman–Crippen MR) is 58.9 cm³/mol. The summed E-state index contributed by atoms with van der Waals surface area (Å²) in [6.07, 6.45) is 8.46. The number of likely N-dealkylation sites (tertiary alicyclic amines) is 1. The molecule has 0 aromatic heterocycles. The summed E-state index contributed by atoms with van der Waals surface area (Å²) >= 11 is 0. The monoisotopic (exact) mass is 181 g/mol. The van der Waals surface area contributed by atoms with Gasteiger partial charge in [0.25, 0.3) is 0 Å². The fourth-order valence-electron chi connectivity index (χ4n) is 2.17. The molecule has 0 amide bonds. The number of hydrogen-bond donors (Lipinski definition) is 0. The van der Waals surface area contributed by atoms with Crippen LogP contribution < -0.4 is 0 Å². The molecule has 0 aliphatic carbocycles. The molecule has 0 radical (unpaired) electrons. The molecular formula is C12H23N. The van der Waals surface area contributed by atoms with Gasteiger partial charge in [0, 0.05) is 5.54 Å². The summed E-state index contributed by atoms with van der Waals surface area (Å²) in [4.78, 5) is 2.49. The van der Waals surface area contributed by atoms with Gasteiger partial charge < -0.3 is 4.90 Å². The van der Waals surface area contributed by atoms with Gasteiger partial charge in [-0.2, -0.15) is 0 Å². The fourth-order valence-corrected chi connectivity index (χ4v) is 2.17. The van der Waals surface area contributed by atoms with Gasteiger partial charge in [-0.15, -0.1) is 0 Å². The number of allylic oxidation sites excluding steroid dienone is 2. The molecule has 1 heterocycles. The van der Waals surface area contributed by atoms with Gasteiger partial charge in [0.2, 0.25) is 0 Å². The molecule has 1 heteroatoms. The van der Waals surface area contributed by atoms with Crippen molar-refractivity contribution in [1.82, 2.24) is 4.90 Å². The van der Waals surface area contributed by atoms with Crippen LogP contribution in [0.5, 0.6) is 0 Å². The average molecular weight is 181 g/mol. The Kier molecular flexibility index (Phi) is 3.55. The zero-order valence-electron chi connectivity index (χ0n) is 9.51. The van der Waals surface area contributed by atoms with Crippen molar-refractivity contribution in [1.29, 1.82) is 0 Å². The standard InChI is InChI=1S/C12H23N/c1-5-6-7-11-8-9-13(4)12(2,3)10-11/h5-6,11H,7-10H2,1-4H3. The van der Waals surface area contributed by atoms with Crippen LogP contribution in [0.3, 0.4) is 0 Å². The lowest BCUT2D eigenvalue weighted by molar-refractivity contribution is 0.0732. The number of nitrogens with zero attached hydrogens (tertiary/aromatic N) is 1. The van der Waals surface area contributed by atoms with Crippen LogP contribution in [-0.4, -0.2) is 24.0 Å². The molecule has 1 aliphatic rings. The molecule has 1 saturated heterocycles. The second-order valence-electron chi connectivity index (χ2n) is 4.90. The van der Waals surface area contributed by atoms with Crippen LogP contribution in [-0.2, 0) is 0 Å². The van der Waals surface area contributed by atoms with Gasteiger partial charge >= 0.3 is 0 Å². The van der Waals surface area contributed by atoms with Crippen LogP contribution in [0.1, 0.15) is 40.0 Å². The molecule has 0 N–H and O–H groups in total. The maximum absolute atomic E-state index is 2.49. The summed E-state index contributed by atoms with van der Waals surface area (Å²) in [7, 11) is 2.24. The molecule has 0 aromatic rings. The second kappa shape index (κ2) is 4.28. The lowest BCUT2D eigenvalue weighted by Crippen LogP contribution is -2.47. The van der Waals surface area contributed by atoms with E-state index in [1.807, 2.05) is 0 Å². The molecule has 1 unspecified atom stereocenters. The third kappa shape index (κ3) is 2.84. The van der Waals surface area contributed by atoms with Crippen molar-refractivity contribution < 1.29 is 0 Å². The Morgan fingerprint density at radius 1 is 1.46 bits per heavy atom. The highest BCUT2D eigenvalue weighted by molar-refractivity contribution is 4.91. The van der Waals surface area contributed by atoms with Crippen molar-refractivity contribution >= 4 is 0 Å². The summed E-state index contributed by atoms with van der Waals surface area (Å²) in [5.41, 5.74) is 0.407. The first-order chi connectivity index (χ1) is 6.06. The summed E-state index contributed by atoms with van der Waals surface area (Å²) in [6.45, 7) is 8.08. The highest BCUT2D eigenvalue weighted by Crippen LogP contribution is 2.31. The van der Waals surface area contributed by atoms with E-state index >= 15 is 0 Å². The van der Waals surface area contributed by atoms with Gasteiger partial charge in [-0.3, -0.25) is 0 Å². The van der Waals surface area contributed by atoms with Crippen molar-refractivity contribution in [3.8, 4) is 0 Å². The molecule has 76 valence electrons. The molecule has 0 spiro atoms. The van der Waals surface area contributed by atoms with Gasteiger partial charge in [-0.1, -0.05) is 12.2 Å². The molecule has 0 aromatic carbocycles. The van der Waals surface area contributed by atoms with Crippen molar-refractivity contribution in [2.45, 2.75) is 45.6 Å². The predicted octanol–water partition coefficient (Wildman–Crippen LogP) is 3.07. The molecule has 1 fully saturated rings. The SMILES string of the molecule is CC=CCC1CCN(C)C(C)(C)C1. The number of piperidine rings is 1. The minimum atomic E-state index is 0.407. The Labute approximate surface area is 82.8 Å². The molecule has 1 nitrogen and oxygen atoms in total. The van der Waals surface area contributed by atoms with Crippen molar-refractivity contribution in [3.05, 3.63) is 12.2 Å². The molecule has 0 bridgehead atoms. The van der Waals surface area contributed by atoms with Gasteiger partial charge in [0.15, 0.2) is 0 Å². The number of hydrogen-bond acceptors (Lipinski definition) is 1. The Bertz CT molecular complexity index is 182. The molecule has 1 atom stereocenters. The van der Waals surface area contributed by atoms with E-state index in [1.54, 1.807) is 0 Å². The van der Waals surface area contributed by atoms with Crippen LogP contribution in [0.25, 0.3) is 0 Å². The first-order valence-corrected chi connectivity index (χ1v) is 5.38. The Balaban J connectivity index is 2.46. The lowest BCUT2D eigenvalue weighted by Gasteiger charge is -2.43. The van der Waals surface area contributed by atoms with Crippen LogP contribution in [0.15, 0.2) is 12.2 Å². The zero-order chi connectivity index (χ0) is 9.90. The van der Waals surface area contributed by atoms with E-state index in [9.17, 15) is 0 Å². The summed E-state index contributed by atoms with van der Waals surface area (Å²) in [5.74, 6) is 0.905. The highest BCUT2D eigenvalue weighted by Gasteiger charge is 2.31. The lowest BCUT2D eigenvalue weighted by atomic mass is 9.81. The van der Waals surface area contributed by atoms with E-state index in [-0.39, 0.29) is 0 Å². The average Bonchev–Trinajstić information content (AvgIpc) is 2.07. The van der Waals surface area contributed by atoms with E-state index in [4.69, 9.17) is 0 Å². The summed E-state index contributed by atoms with van der Waals surface area (Å²) in [6, 6.07) is 0. The van der Waals surface area contributed by atoms with Gasteiger partial charge in [0.1, 0.15) is 0 Å². The fraction of sp³-hybridized carbons (Fsp3) is 0.833. The molecule has 1 rings (SSSR count). The quantitative estimate of drug-likeness (QED) is 0.592. The second-order valence-corrected chi connectivity index (χ2v) is 4.90. The largest absolute Gasteiger partial charge is 0.301 e. The zero-order valence-corrected chi connectivity index (χ0v) is 9.51. The van der Waals surface area contributed by atoms with Gasteiger partial charge in [-0.05, 0) is 59.5 Å². The van der Waals surface area contributed by atoms with Crippen LogP contribution in [0.2, 0.25) is 0 Å². The van der Waals surface area contributed by atoms with E-state index < -0.39 is 0 Å². The summed E-state index contributed by atoms with van der Waals surface area (Å²) < 4.78 is 0. The Morgan fingerprint density at radius 2 is 2.15 bits per heavy atom. The van der Waals surface area contributed by atoms with Crippen molar-refractivity contribution in [3.63, 3.8) is 0 Å². The maximum Gasteiger partial charge on any atom is 0.0152 e. The minimum absolute atomic E-state index is 0.407. The molecule has 1 aliphatic heterocycles. The first-order valence-electron chi connectivity index (χ1n) is 5.38. The highest BCUT2D eigenvalue weighted by atomic mass is 15.2. The van der Waals surface area contributed by atoms with Crippen molar-refractivity contribution in [2.75, 3.05) is 13.6 Å². The Hall–Kier alpha value is -0.300. The van der Waals surface area contributed by atoms with E-state index in [0.717, 1.165) is 5.92 Å². The minimum Gasteiger partial charge on any atom is -0.301 e. The van der Waals surface area contributed by atoms with Crippen LogP contribution in [0, 0.1) is 5.92 Å².